The topological polar surface area (TPSA) is 95.0 Å². The Kier molecular flexibility index (Phi) is 4.35. The van der Waals surface area contributed by atoms with E-state index in [1.165, 1.54) is 27.7 Å². The van der Waals surface area contributed by atoms with Crippen molar-refractivity contribution in [3.8, 4) is 11.5 Å². The number of hydrogen-bond acceptors (Lipinski definition) is 8. The summed E-state index contributed by atoms with van der Waals surface area (Å²) in [6.07, 6.45) is 3.27. The van der Waals surface area contributed by atoms with Gasteiger partial charge in [0.15, 0.2) is 0 Å². The summed E-state index contributed by atoms with van der Waals surface area (Å²) < 4.78 is 5.50. The van der Waals surface area contributed by atoms with E-state index in [9.17, 15) is 10.1 Å². The standard InChI is InChI=1S/C13H8N4O3S2/c18-17(19)10-5-1-2-6-11(10)21-22-13-16-15-12(20-13)9-4-3-7-14-8-9/h1-8H. The average molecular weight is 332 g/mol. The lowest BCUT2D eigenvalue weighted by molar-refractivity contribution is -0.387. The summed E-state index contributed by atoms with van der Waals surface area (Å²) in [6, 6.07) is 10.1. The van der Waals surface area contributed by atoms with Gasteiger partial charge < -0.3 is 4.42 Å². The first kappa shape index (κ1) is 14.5. The lowest BCUT2D eigenvalue weighted by Gasteiger charge is -1.98. The van der Waals surface area contributed by atoms with Crippen LogP contribution in [0.1, 0.15) is 0 Å². The van der Waals surface area contributed by atoms with E-state index >= 15 is 0 Å². The zero-order valence-electron chi connectivity index (χ0n) is 10.9. The Morgan fingerprint density at radius 2 is 1.95 bits per heavy atom. The SMILES string of the molecule is O=[N+]([O-])c1ccccc1SSc1nnc(-c2cccnc2)o1. The van der Waals surface area contributed by atoms with Gasteiger partial charge in [0.2, 0.25) is 5.89 Å². The van der Waals surface area contributed by atoms with E-state index in [0.717, 1.165) is 5.56 Å². The van der Waals surface area contributed by atoms with Gasteiger partial charge in [-0.1, -0.05) is 17.2 Å². The third kappa shape index (κ3) is 3.26. The molecule has 0 bridgehead atoms. The predicted octanol–water partition coefficient (Wildman–Crippen LogP) is 3.84. The molecule has 7 nitrogen and oxygen atoms in total. The van der Waals surface area contributed by atoms with Crippen LogP contribution in [0.25, 0.3) is 11.5 Å². The molecule has 0 aliphatic heterocycles. The molecule has 2 aromatic heterocycles. The molecule has 0 amide bonds. The number of benzene rings is 1. The molecular weight excluding hydrogens is 324 g/mol. The monoisotopic (exact) mass is 332 g/mol. The molecule has 0 spiro atoms. The van der Waals surface area contributed by atoms with E-state index in [-0.39, 0.29) is 5.69 Å². The van der Waals surface area contributed by atoms with Crippen molar-refractivity contribution in [2.75, 3.05) is 0 Å². The summed E-state index contributed by atoms with van der Waals surface area (Å²) in [7, 11) is 2.37. The zero-order chi connectivity index (χ0) is 15.4. The van der Waals surface area contributed by atoms with Crippen LogP contribution in [0.15, 0.2) is 63.3 Å². The predicted molar refractivity (Wildman–Crippen MR) is 82.3 cm³/mol. The van der Waals surface area contributed by atoms with E-state index in [4.69, 9.17) is 4.42 Å². The van der Waals surface area contributed by atoms with Crippen molar-refractivity contribution >= 4 is 27.3 Å². The molecule has 0 radical (unpaired) electrons. The Morgan fingerprint density at radius 3 is 2.73 bits per heavy atom. The molecule has 22 heavy (non-hydrogen) atoms. The first-order chi connectivity index (χ1) is 10.7. The highest BCUT2D eigenvalue weighted by molar-refractivity contribution is 8.76. The fourth-order valence-electron chi connectivity index (χ4n) is 1.61. The van der Waals surface area contributed by atoms with Gasteiger partial charge in [-0.3, -0.25) is 15.1 Å². The van der Waals surface area contributed by atoms with Crippen LogP contribution in [0.3, 0.4) is 0 Å². The lowest BCUT2D eigenvalue weighted by atomic mass is 10.3. The second-order valence-electron chi connectivity index (χ2n) is 4.01. The fraction of sp³-hybridized carbons (Fsp3) is 0. The second-order valence-corrected chi connectivity index (χ2v) is 6.13. The zero-order valence-corrected chi connectivity index (χ0v) is 12.6. The van der Waals surface area contributed by atoms with Gasteiger partial charge in [0.05, 0.1) is 15.4 Å². The largest absolute Gasteiger partial charge is 0.411 e. The van der Waals surface area contributed by atoms with Crippen molar-refractivity contribution in [2.24, 2.45) is 0 Å². The van der Waals surface area contributed by atoms with Crippen molar-refractivity contribution in [3.63, 3.8) is 0 Å². The van der Waals surface area contributed by atoms with Crippen molar-refractivity contribution in [3.05, 3.63) is 58.9 Å². The van der Waals surface area contributed by atoms with Crippen molar-refractivity contribution in [1.82, 2.24) is 15.2 Å². The van der Waals surface area contributed by atoms with Crippen molar-refractivity contribution in [1.29, 1.82) is 0 Å². The average Bonchev–Trinajstić information content (AvgIpc) is 3.03. The quantitative estimate of drug-likeness (QED) is 0.395. The molecule has 2 heterocycles. The summed E-state index contributed by atoms with van der Waals surface area (Å²) in [5, 5.41) is 19.1. The summed E-state index contributed by atoms with van der Waals surface area (Å²) in [4.78, 5) is 15.0. The van der Waals surface area contributed by atoms with Gasteiger partial charge in [-0.2, -0.15) is 0 Å². The minimum absolute atomic E-state index is 0.0481. The van der Waals surface area contributed by atoms with Crippen molar-refractivity contribution in [2.45, 2.75) is 10.1 Å². The fourth-order valence-corrected chi connectivity index (χ4v) is 3.43. The highest BCUT2D eigenvalue weighted by atomic mass is 33.1. The molecule has 0 fully saturated rings. The normalized spacial score (nSPS) is 10.5. The smallest absolute Gasteiger partial charge is 0.288 e. The molecule has 3 aromatic rings. The summed E-state index contributed by atoms with van der Waals surface area (Å²) >= 11 is 0. The van der Waals surface area contributed by atoms with Gasteiger partial charge in [-0.05, 0) is 29.0 Å². The van der Waals surface area contributed by atoms with Crippen LogP contribution in [0, 0.1) is 10.1 Å². The Hall–Kier alpha value is -2.39. The van der Waals surface area contributed by atoms with E-state index < -0.39 is 4.92 Å². The van der Waals surface area contributed by atoms with Gasteiger partial charge >= 0.3 is 0 Å². The van der Waals surface area contributed by atoms with E-state index in [1.807, 2.05) is 6.07 Å². The van der Waals surface area contributed by atoms with Crippen LogP contribution in [0.5, 0.6) is 0 Å². The molecule has 0 aliphatic carbocycles. The number of para-hydroxylation sites is 1. The summed E-state index contributed by atoms with van der Waals surface area (Å²) in [5.74, 6) is 0.360. The highest BCUT2D eigenvalue weighted by Gasteiger charge is 2.15. The van der Waals surface area contributed by atoms with Gasteiger partial charge in [0.1, 0.15) is 0 Å². The van der Waals surface area contributed by atoms with Crippen LogP contribution < -0.4 is 0 Å². The maximum atomic E-state index is 10.9. The first-order valence-electron chi connectivity index (χ1n) is 6.06. The van der Waals surface area contributed by atoms with Crippen LogP contribution in [-0.4, -0.2) is 20.1 Å². The summed E-state index contributed by atoms with van der Waals surface area (Å²) in [6.45, 7) is 0. The number of aromatic nitrogens is 3. The highest BCUT2D eigenvalue weighted by Crippen LogP contribution is 2.41. The van der Waals surface area contributed by atoms with Gasteiger partial charge in [-0.25, -0.2) is 0 Å². The van der Waals surface area contributed by atoms with Crippen LogP contribution >= 0.6 is 21.6 Å². The molecule has 110 valence electrons. The molecule has 0 atom stereocenters. The third-order valence-corrected chi connectivity index (χ3v) is 4.71. The maximum Gasteiger partial charge on any atom is 0.288 e. The molecule has 9 heteroatoms. The molecule has 0 saturated heterocycles. The molecule has 0 saturated carbocycles. The number of nitro benzene ring substituents is 1. The Morgan fingerprint density at radius 1 is 1.09 bits per heavy atom. The minimum Gasteiger partial charge on any atom is -0.411 e. The van der Waals surface area contributed by atoms with E-state index in [2.05, 4.69) is 15.2 Å². The number of rotatable bonds is 5. The van der Waals surface area contributed by atoms with Crippen LogP contribution in [0.2, 0.25) is 0 Å². The number of nitrogens with zero attached hydrogens (tertiary/aromatic N) is 4. The second kappa shape index (κ2) is 6.58. The van der Waals surface area contributed by atoms with Gasteiger partial charge in [-0.15, -0.1) is 5.10 Å². The Bertz CT molecular complexity index is 795. The molecule has 3 rings (SSSR count). The summed E-state index contributed by atoms with van der Waals surface area (Å²) in [5.41, 5.74) is 0.768. The van der Waals surface area contributed by atoms with Crippen LogP contribution in [0.4, 0.5) is 5.69 Å². The molecule has 0 unspecified atom stereocenters. The van der Waals surface area contributed by atoms with Crippen LogP contribution in [-0.2, 0) is 0 Å². The van der Waals surface area contributed by atoms with E-state index in [0.29, 0.717) is 16.0 Å². The molecule has 1 aromatic carbocycles. The number of pyridine rings is 1. The maximum absolute atomic E-state index is 10.9. The van der Waals surface area contributed by atoms with E-state index in [1.54, 1.807) is 36.7 Å². The number of nitro groups is 1. The van der Waals surface area contributed by atoms with Gasteiger partial charge in [0.25, 0.3) is 10.9 Å². The Labute approximate surface area is 132 Å². The van der Waals surface area contributed by atoms with Crippen molar-refractivity contribution < 1.29 is 9.34 Å². The Balaban J connectivity index is 1.73. The first-order valence-corrected chi connectivity index (χ1v) is 8.21. The molecule has 0 N–H and O–H groups in total. The minimum atomic E-state index is -0.419. The van der Waals surface area contributed by atoms with Gasteiger partial charge in [0, 0.05) is 29.3 Å². The molecule has 0 aliphatic rings. The number of hydrogen-bond donors (Lipinski definition) is 0. The third-order valence-electron chi connectivity index (χ3n) is 2.58. The lowest BCUT2D eigenvalue weighted by Crippen LogP contribution is -1.88. The molecular formula is C13H8N4O3S2.